The maximum atomic E-state index is 11.8. The molecular weight excluding hydrogens is 264 g/mol. The second-order valence-electron chi connectivity index (χ2n) is 5.48. The molecule has 21 heavy (non-hydrogen) atoms. The molecule has 1 N–H and O–H groups in total. The molecule has 0 saturated heterocycles. The Morgan fingerprint density at radius 3 is 2.76 bits per heavy atom. The van der Waals surface area contributed by atoms with E-state index in [1.54, 1.807) is 6.07 Å². The fourth-order valence-electron chi connectivity index (χ4n) is 2.05. The van der Waals surface area contributed by atoms with Gasteiger partial charge in [0.15, 0.2) is 0 Å². The van der Waals surface area contributed by atoms with Gasteiger partial charge in [-0.25, -0.2) is 9.78 Å². The summed E-state index contributed by atoms with van der Waals surface area (Å²) >= 11 is 0. The van der Waals surface area contributed by atoms with E-state index in [4.69, 9.17) is 4.74 Å². The molecule has 114 valence electrons. The molecule has 2 aromatic rings. The number of hydrogen-bond acceptors (Lipinski definition) is 3. The normalized spacial score (nSPS) is 13.7. The summed E-state index contributed by atoms with van der Waals surface area (Å²) in [6, 6.07) is 11.5. The molecule has 0 aliphatic rings. The number of carbonyl (C=O) groups excluding carboxylic acids is 1. The largest absolute Gasteiger partial charge is 0.449 e. The monoisotopic (exact) mass is 288 g/mol. The summed E-state index contributed by atoms with van der Waals surface area (Å²) in [6.45, 7) is 6.82. The molecule has 1 aromatic heterocycles. The minimum absolute atomic E-state index is 0. The molecule has 1 amide bonds. The predicted octanol–water partition coefficient (Wildman–Crippen LogP) is 4.71. The van der Waals surface area contributed by atoms with Gasteiger partial charge in [0.2, 0.25) is 0 Å². The van der Waals surface area contributed by atoms with Gasteiger partial charge >= 0.3 is 6.09 Å². The minimum Gasteiger partial charge on any atom is -0.449 e. The molecule has 4 heteroatoms. The Hall–Kier alpha value is -2.10. The number of nitrogens with one attached hydrogen (secondary N) is 1. The second kappa shape index (κ2) is 7.07. The number of anilines is 1. The van der Waals surface area contributed by atoms with Crippen LogP contribution in [0.5, 0.6) is 0 Å². The first-order chi connectivity index (χ1) is 10.1. The number of hydrogen-bond donors (Lipinski definition) is 1. The standard InChI is InChI=1S/C17H22N2O2.H2/c1-4-12(2)13(3)11-21-17(20)19-16-10-9-14-7-5-6-8-15(14)18-16;/h5-10,12-13H,4,11H2,1-3H3,(H,18,19,20);1H/t12?,13-;/m0./s1. The Labute approximate surface area is 127 Å². The molecule has 2 atom stereocenters. The number of pyridine rings is 1. The predicted molar refractivity (Wildman–Crippen MR) is 87.4 cm³/mol. The van der Waals surface area contributed by atoms with Gasteiger partial charge in [0.25, 0.3) is 0 Å². The number of para-hydroxylation sites is 1. The smallest absolute Gasteiger partial charge is 0.412 e. The molecule has 0 aliphatic heterocycles. The molecule has 0 bridgehead atoms. The molecule has 2 rings (SSSR count). The van der Waals surface area contributed by atoms with Crippen molar-refractivity contribution >= 4 is 22.8 Å². The Kier molecular flexibility index (Phi) is 5.14. The lowest BCUT2D eigenvalue weighted by Crippen LogP contribution is -2.21. The van der Waals surface area contributed by atoms with Crippen molar-refractivity contribution in [1.82, 2.24) is 4.98 Å². The van der Waals surface area contributed by atoms with E-state index in [-0.39, 0.29) is 1.43 Å². The summed E-state index contributed by atoms with van der Waals surface area (Å²) in [5.74, 6) is 1.40. The van der Waals surface area contributed by atoms with Gasteiger partial charge in [0, 0.05) is 6.81 Å². The Balaban J connectivity index is 0.00000242. The molecule has 0 radical (unpaired) electrons. The lowest BCUT2D eigenvalue weighted by molar-refractivity contribution is 0.129. The quantitative estimate of drug-likeness (QED) is 0.866. The van der Waals surface area contributed by atoms with Crippen molar-refractivity contribution in [3.8, 4) is 0 Å². The SMILES string of the molecule is CCC(C)[C@@H](C)COC(=O)Nc1ccc2ccccc2n1.[HH]. The average Bonchev–Trinajstić information content (AvgIpc) is 2.51. The number of carbonyl (C=O) groups is 1. The van der Waals surface area contributed by atoms with Crippen LogP contribution in [-0.2, 0) is 4.74 Å². The second-order valence-corrected chi connectivity index (χ2v) is 5.48. The van der Waals surface area contributed by atoms with Crippen LogP contribution in [0, 0.1) is 11.8 Å². The van der Waals surface area contributed by atoms with Crippen molar-refractivity contribution in [1.29, 1.82) is 0 Å². The summed E-state index contributed by atoms with van der Waals surface area (Å²) in [7, 11) is 0. The minimum atomic E-state index is -0.451. The molecule has 1 aromatic carbocycles. The first-order valence-electron chi connectivity index (χ1n) is 7.39. The fraction of sp³-hybridized carbons (Fsp3) is 0.412. The zero-order valence-electron chi connectivity index (χ0n) is 12.8. The molecule has 1 heterocycles. The first kappa shape index (κ1) is 15.3. The van der Waals surface area contributed by atoms with Gasteiger partial charge in [-0.3, -0.25) is 5.32 Å². The van der Waals surface area contributed by atoms with E-state index in [2.05, 4.69) is 31.1 Å². The van der Waals surface area contributed by atoms with Crippen molar-refractivity contribution in [2.45, 2.75) is 27.2 Å². The van der Waals surface area contributed by atoms with Crippen LogP contribution < -0.4 is 5.32 Å². The topological polar surface area (TPSA) is 51.2 Å². The number of fused-ring (bicyclic) bond motifs is 1. The maximum absolute atomic E-state index is 11.8. The van der Waals surface area contributed by atoms with Crippen molar-refractivity contribution in [2.24, 2.45) is 11.8 Å². The number of rotatable bonds is 5. The first-order valence-corrected chi connectivity index (χ1v) is 7.39. The van der Waals surface area contributed by atoms with E-state index in [1.165, 1.54) is 0 Å². The van der Waals surface area contributed by atoms with Gasteiger partial charge in [0.05, 0.1) is 12.1 Å². The Morgan fingerprint density at radius 1 is 1.24 bits per heavy atom. The van der Waals surface area contributed by atoms with Gasteiger partial charge in [-0.1, -0.05) is 45.4 Å². The van der Waals surface area contributed by atoms with Crippen LogP contribution in [0.25, 0.3) is 10.9 Å². The molecule has 0 spiro atoms. The highest BCUT2D eigenvalue weighted by Gasteiger charge is 2.13. The van der Waals surface area contributed by atoms with Crippen LogP contribution in [-0.4, -0.2) is 17.7 Å². The number of nitrogens with zero attached hydrogens (tertiary/aromatic N) is 1. The summed E-state index contributed by atoms with van der Waals surface area (Å²) in [5.41, 5.74) is 0.850. The average molecular weight is 288 g/mol. The van der Waals surface area contributed by atoms with E-state index >= 15 is 0 Å². The van der Waals surface area contributed by atoms with Crippen LogP contribution in [0.2, 0.25) is 0 Å². The van der Waals surface area contributed by atoms with Gasteiger partial charge in [-0.05, 0) is 30.0 Å². The maximum Gasteiger partial charge on any atom is 0.412 e. The zero-order valence-corrected chi connectivity index (χ0v) is 12.8. The highest BCUT2D eigenvalue weighted by molar-refractivity contribution is 5.86. The van der Waals surface area contributed by atoms with Crippen molar-refractivity contribution in [3.63, 3.8) is 0 Å². The Bertz CT molecular complexity index is 618. The third-order valence-electron chi connectivity index (χ3n) is 3.92. The molecule has 4 nitrogen and oxygen atoms in total. The summed E-state index contributed by atoms with van der Waals surface area (Å²) in [6.07, 6.45) is 0.631. The third-order valence-corrected chi connectivity index (χ3v) is 3.92. The van der Waals surface area contributed by atoms with Crippen LogP contribution >= 0.6 is 0 Å². The van der Waals surface area contributed by atoms with Crippen LogP contribution in [0.3, 0.4) is 0 Å². The van der Waals surface area contributed by atoms with E-state index in [0.29, 0.717) is 24.3 Å². The van der Waals surface area contributed by atoms with E-state index in [0.717, 1.165) is 17.3 Å². The summed E-state index contributed by atoms with van der Waals surface area (Å²) < 4.78 is 5.25. The lowest BCUT2D eigenvalue weighted by Gasteiger charge is -2.18. The molecule has 0 saturated carbocycles. The third kappa shape index (κ3) is 4.18. The number of benzene rings is 1. The van der Waals surface area contributed by atoms with Crippen LogP contribution in [0.15, 0.2) is 36.4 Å². The summed E-state index contributed by atoms with van der Waals surface area (Å²) in [4.78, 5) is 16.2. The number of ether oxygens (including phenoxy) is 1. The van der Waals surface area contributed by atoms with Crippen molar-refractivity contribution in [2.75, 3.05) is 11.9 Å². The highest BCUT2D eigenvalue weighted by atomic mass is 16.5. The molecule has 1 unspecified atom stereocenters. The lowest BCUT2D eigenvalue weighted by atomic mass is 9.95. The van der Waals surface area contributed by atoms with E-state index < -0.39 is 6.09 Å². The number of amides is 1. The van der Waals surface area contributed by atoms with Crippen LogP contribution in [0.4, 0.5) is 10.6 Å². The van der Waals surface area contributed by atoms with E-state index in [9.17, 15) is 4.79 Å². The van der Waals surface area contributed by atoms with Gasteiger partial charge in [-0.2, -0.15) is 0 Å². The summed E-state index contributed by atoms with van der Waals surface area (Å²) in [5, 5.41) is 3.72. The molecule has 0 fully saturated rings. The van der Waals surface area contributed by atoms with Gasteiger partial charge in [0.1, 0.15) is 5.82 Å². The van der Waals surface area contributed by atoms with Crippen molar-refractivity contribution in [3.05, 3.63) is 36.4 Å². The number of aromatic nitrogens is 1. The fourth-order valence-corrected chi connectivity index (χ4v) is 2.05. The van der Waals surface area contributed by atoms with E-state index in [1.807, 2.05) is 30.3 Å². The zero-order chi connectivity index (χ0) is 15.2. The van der Waals surface area contributed by atoms with Gasteiger partial charge in [-0.15, -0.1) is 0 Å². The van der Waals surface area contributed by atoms with Crippen molar-refractivity contribution < 1.29 is 11.0 Å². The molecular formula is C17H24N2O2. The van der Waals surface area contributed by atoms with Crippen LogP contribution in [0.1, 0.15) is 28.6 Å². The molecule has 0 aliphatic carbocycles. The Morgan fingerprint density at radius 2 is 2.00 bits per heavy atom. The highest BCUT2D eigenvalue weighted by Crippen LogP contribution is 2.16. The van der Waals surface area contributed by atoms with Gasteiger partial charge < -0.3 is 4.74 Å².